The Morgan fingerprint density at radius 3 is 2.74 bits per heavy atom. The normalized spacial score (nSPS) is 22.2. The standard InChI is InChI=1S/C27H33F3N4O/c1-17-11-23-21-5-2-3-6-25(21)32-26(23)27(34(17)13-18(29)16-35)22-8-7-19(12-24(22)30)31-20-14-33(15-20)10-4-9-28/h2-3,5-8,12,17-18,20,27,31-32,35H,4,9-11,13-16H2,1H3/t17?,18?,27-/m1/s1. The number of nitrogens with one attached hydrogen (secondary N) is 2. The smallest absolute Gasteiger partial charge is 0.136 e. The first kappa shape index (κ1) is 24.2. The summed E-state index contributed by atoms with van der Waals surface area (Å²) in [4.78, 5) is 7.61. The van der Waals surface area contributed by atoms with Crippen LogP contribution >= 0.6 is 0 Å². The Morgan fingerprint density at radius 1 is 1.20 bits per heavy atom. The van der Waals surface area contributed by atoms with E-state index in [1.54, 1.807) is 6.07 Å². The van der Waals surface area contributed by atoms with Gasteiger partial charge in [-0.1, -0.05) is 24.3 Å². The summed E-state index contributed by atoms with van der Waals surface area (Å²) < 4.78 is 42.4. The largest absolute Gasteiger partial charge is 0.393 e. The number of aliphatic hydroxyl groups is 1. The number of aromatic amines is 1. The number of likely N-dealkylation sites (tertiary alicyclic amines) is 1. The van der Waals surface area contributed by atoms with Crippen LogP contribution in [0.25, 0.3) is 10.9 Å². The highest BCUT2D eigenvalue weighted by Crippen LogP contribution is 2.42. The molecule has 3 N–H and O–H groups in total. The molecule has 0 bridgehead atoms. The van der Waals surface area contributed by atoms with Crippen LogP contribution in [-0.2, 0) is 6.42 Å². The van der Waals surface area contributed by atoms with Gasteiger partial charge in [0.05, 0.1) is 25.4 Å². The molecule has 8 heteroatoms. The lowest BCUT2D eigenvalue weighted by Gasteiger charge is -2.42. The molecule has 3 aromatic rings. The van der Waals surface area contributed by atoms with Crippen molar-refractivity contribution < 1.29 is 18.3 Å². The molecular formula is C27H33F3N4O. The summed E-state index contributed by atoms with van der Waals surface area (Å²) in [6, 6.07) is 12.9. The van der Waals surface area contributed by atoms with Crippen molar-refractivity contribution in [3.05, 3.63) is 65.1 Å². The molecule has 3 atom stereocenters. The summed E-state index contributed by atoms with van der Waals surface area (Å²) in [5.74, 6) is -0.350. The van der Waals surface area contributed by atoms with E-state index in [9.17, 15) is 13.9 Å². The predicted octanol–water partition coefficient (Wildman–Crippen LogP) is 4.43. The number of rotatable bonds is 9. The zero-order valence-electron chi connectivity index (χ0n) is 20.0. The Kier molecular flexibility index (Phi) is 7.05. The summed E-state index contributed by atoms with van der Waals surface area (Å²) in [6.07, 6.45) is -0.151. The number of alkyl halides is 2. The number of nitrogens with zero attached hydrogens (tertiary/aromatic N) is 2. The van der Waals surface area contributed by atoms with Gasteiger partial charge in [0.1, 0.15) is 12.0 Å². The molecule has 0 radical (unpaired) electrons. The number of hydrogen-bond donors (Lipinski definition) is 3. The molecule has 188 valence electrons. The number of aromatic nitrogens is 1. The molecule has 1 aromatic heterocycles. The van der Waals surface area contributed by atoms with E-state index in [2.05, 4.69) is 21.3 Å². The molecule has 2 aliphatic heterocycles. The minimum atomic E-state index is -1.41. The second kappa shape index (κ2) is 10.2. The number of H-pyrrole nitrogens is 1. The fourth-order valence-corrected chi connectivity index (χ4v) is 5.61. The molecule has 2 aliphatic rings. The van der Waals surface area contributed by atoms with Gasteiger partial charge in [-0.3, -0.25) is 14.2 Å². The van der Waals surface area contributed by atoms with Gasteiger partial charge in [0.25, 0.3) is 0 Å². The van der Waals surface area contributed by atoms with Crippen molar-refractivity contribution in [1.82, 2.24) is 14.8 Å². The summed E-state index contributed by atoms with van der Waals surface area (Å²) in [5, 5.41) is 13.9. The summed E-state index contributed by atoms with van der Waals surface area (Å²) in [6.45, 7) is 3.55. The highest BCUT2D eigenvalue weighted by Gasteiger charge is 2.38. The molecule has 5 nitrogen and oxygen atoms in total. The molecule has 0 spiro atoms. The van der Waals surface area contributed by atoms with E-state index in [-0.39, 0.29) is 31.1 Å². The van der Waals surface area contributed by atoms with Gasteiger partial charge in [-0.25, -0.2) is 8.78 Å². The molecule has 0 aliphatic carbocycles. The maximum atomic E-state index is 15.6. The van der Waals surface area contributed by atoms with Crippen molar-refractivity contribution in [2.24, 2.45) is 0 Å². The van der Waals surface area contributed by atoms with Crippen molar-refractivity contribution >= 4 is 16.6 Å². The predicted molar refractivity (Wildman–Crippen MR) is 133 cm³/mol. The topological polar surface area (TPSA) is 54.5 Å². The van der Waals surface area contributed by atoms with E-state index in [0.717, 1.165) is 48.2 Å². The third-order valence-electron chi connectivity index (χ3n) is 7.36. The molecule has 1 saturated heterocycles. The number of benzene rings is 2. The maximum absolute atomic E-state index is 15.6. The van der Waals surface area contributed by atoms with Gasteiger partial charge in [-0.05, 0) is 43.5 Å². The molecule has 3 heterocycles. The molecule has 0 saturated carbocycles. The van der Waals surface area contributed by atoms with Gasteiger partial charge in [-0.2, -0.15) is 0 Å². The first-order chi connectivity index (χ1) is 17.0. The van der Waals surface area contributed by atoms with Gasteiger partial charge < -0.3 is 15.4 Å². The second-order valence-corrected chi connectivity index (χ2v) is 9.87. The number of halogens is 3. The Balaban J connectivity index is 1.44. The average molecular weight is 487 g/mol. The molecule has 35 heavy (non-hydrogen) atoms. The average Bonchev–Trinajstić information content (AvgIpc) is 3.19. The van der Waals surface area contributed by atoms with Crippen LogP contribution in [0.2, 0.25) is 0 Å². The number of aliphatic hydroxyl groups excluding tert-OH is 1. The SMILES string of the molecule is CC1Cc2c([nH]c3ccccc23)[C@@H](c2ccc(NC3CN(CCCF)C3)cc2F)N1CC(F)CO. The lowest BCUT2D eigenvalue weighted by molar-refractivity contribution is 0.0763. The van der Waals surface area contributed by atoms with Gasteiger partial charge in [0.2, 0.25) is 0 Å². The van der Waals surface area contributed by atoms with Crippen molar-refractivity contribution in [1.29, 1.82) is 0 Å². The molecule has 2 aromatic carbocycles. The molecular weight excluding hydrogens is 453 g/mol. The van der Waals surface area contributed by atoms with E-state index in [1.807, 2.05) is 36.1 Å². The van der Waals surface area contributed by atoms with E-state index in [1.165, 1.54) is 6.07 Å². The Morgan fingerprint density at radius 2 is 2.00 bits per heavy atom. The van der Waals surface area contributed by atoms with Crippen molar-refractivity contribution in [3.63, 3.8) is 0 Å². The van der Waals surface area contributed by atoms with Crippen LogP contribution in [0, 0.1) is 5.82 Å². The van der Waals surface area contributed by atoms with Crippen LogP contribution in [0.3, 0.4) is 0 Å². The van der Waals surface area contributed by atoms with Crippen LogP contribution in [0.1, 0.15) is 36.2 Å². The molecule has 1 fully saturated rings. The Labute approximate surface area is 203 Å². The van der Waals surface area contributed by atoms with E-state index in [0.29, 0.717) is 17.7 Å². The quantitative estimate of drug-likeness (QED) is 0.419. The van der Waals surface area contributed by atoms with Crippen LogP contribution < -0.4 is 5.32 Å². The van der Waals surface area contributed by atoms with E-state index >= 15 is 4.39 Å². The summed E-state index contributed by atoms with van der Waals surface area (Å²) >= 11 is 0. The highest BCUT2D eigenvalue weighted by atomic mass is 19.1. The number of anilines is 1. The van der Waals surface area contributed by atoms with Gasteiger partial charge in [-0.15, -0.1) is 0 Å². The molecule has 0 amide bonds. The number of fused-ring (bicyclic) bond motifs is 3. The number of para-hydroxylation sites is 1. The van der Waals surface area contributed by atoms with Crippen molar-refractivity contribution in [3.8, 4) is 0 Å². The summed E-state index contributed by atoms with van der Waals surface area (Å²) in [7, 11) is 0. The Bertz CT molecular complexity index is 1160. The minimum absolute atomic E-state index is 0.0212. The third-order valence-corrected chi connectivity index (χ3v) is 7.36. The zero-order chi connectivity index (χ0) is 24.5. The second-order valence-electron chi connectivity index (χ2n) is 9.87. The minimum Gasteiger partial charge on any atom is -0.393 e. The Hall–Kier alpha value is -2.55. The third kappa shape index (κ3) is 4.79. The van der Waals surface area contributed by atoms with Gasteiger partial charge >= 0.3 is 0 Å². The van der Waals surface area contributed by atoms with Gasteiger partial charge in [0.15, 0.2) is 0 Å². The van der Waals surface area contributed by atoms with Crippen molar-refractivity contribution in [2.45, 2.75) is 44.1 Å². The lowest BCUT2D eigenvalue weighted by Crippen LogP contribution is -2.54. The fraction of sp³-hybridized carbons (Fsp3) is 0.481. The van der Waals surface area contributed by atoms with Crippen LogP contribution in [-0.4, -0.2) is 77.6 Å². The first-order valence-electron chi connectivity index (χ1n) is 12.4. The van der Waals surface area contributed by atoms with Gasteiger partial charge in [0, 0.05) is 60.1 Å². The number of hydrogen-bond acceptors (Lipinski definition) is 4. The molecule has 5 rings (SSSR count). The fourth-order valence-electron chi connectivity index (χ4n) is 5.61. The highest BCUT2D eigenvalue weighted by molar-refractivity contribution is 5.85. The monoisotopic (exact) mass is 486 g/mol. The lowest BCUT2D eigenvalue weighted by atomic mass is 9.88. The van der Waals surface area contributed by atoms with Crippen molar-refractivity contribution in [2.75, 3.05) is 44.8 Å². The van der Waals surface area contributed by atoms with Crippen LogP contribution in [0.15, 0.2) is 42.5 Å². The van der Waals surface area contributed by atoms with E-state index < -0.39 is 18.8 Å². The first-order valence-corrected chi connectivity index (χ1v) is 12.4. The zero-order valence-corrected chi connectivity index (χ0v) is 20.0. The van der Waals surface area contributed by atoms with Crippen LogP contribution in [0.5, 0.6) is 0 Å². The van der Waals surface area contributed by atoms with E-state index in [4.69, 9.17) is 0 Å². The van der Waals surface area contributed by atoms with Crippen LogP contribution in [0.4, 0.5) is 18.9 Å². The molecule has 2 unspecified atom stereocenters. The maximum Gasteiger partial charge on any atom is 0.136 e. The summed E-state index contributed by atoms with van der Waals surface area (Å²) in [5.41, 5.74) is 4.19.